The third-order valence-electron chi connectivity index (χ3n) is 7.57. The van der Waals surface area contributed by atoms with Gasteiger partial charge in [0, 0.05) is 50.4 Å². The molecule has 41 heavy (non-hydrogen) atoms. The molecule has 0 spiro atoms. The van der Waals surface area contributed by atoms with Crippen LogP contribution in [0.2, 0.25) is 5.02 Å². The smallest absolute Gasteiger partial charge is 0.254 e. The van der Waals surface area contributed by atoms with Gasteiger partial charge in [-0.25, -0.2) is 0 Å². The number of rotatable bonds is 10. The maximum absolute atomic E-state index is 13.5. The number of hydrogen-bond donors (Lipinski definition) is 0. The van der Waals surface area contributed by atoms with Crippen molar-refractivity contribution in [1.82, 2.24) is 24.9 Å². The number of hydrogen-bond acceptors (Lipinski definition) is 8. The number of nitrogens with zero attached hydrogens (tertiary/aromatic N) is 6. The minimum absolute atomic E-state index is 0.0148. The van der Waals surface area contributed by atoms with Crippen LogP contribution in [0.5, 0.6) is 11.5 Å². The number of carbonyl (C=O) groups is 2. The quantitative estimate of drug-likeness (QED) is 0.360. The van der Waals surface area contributed by atoms with E-state index >= 15 is 0 Å². The standard InChI is InChI=1S/C30H35ClN6O4/c1-3-34(4-2)13-14-37(30(39)22-9-11-26-27(19-22)41-21-40-26)20-29(38)36-17-15-35(16-18-36)28-12-10-25(32-33-28)23-7-5-6-8-24(23)31/h5-12,19H,3-4,13-18,20-21H2,1-2H3. The lowest BCUT2D eigenvalue weighted by molar-refractivity contribution is -0.132. The minimum atomic E-state index is -0.198. The molecule has 11 heteroatoms. The van der Waals surface area contributed by atoms with Crippen LogP contribution >= 0.6 is 11.6 Å². The monoisotopic (exact) mass is 578 g/mol. The second-order valence-electron chi connectivity index (χ2n) is 9.95. The van der Waals surface area contributed by atoms with E-state index in [-0.39, 0.29) is 25.2 Å². The lowest BCUT2D eigenvalue weighted by Gasteiger charge is -2.36. The number of amides is 2. The molecule has 3 aromatic rings. The molecular formula is C30H35ClN6O4. The van der Waals surface area contributed by atoms with Gasteiger partial charge in [0.2, 0.25) is 12.7 Å². The van der Waals surface area contributed by atoms with Gasteiger partial charge in [0.1, 0.15) is 6.54 Å². The van der Waals surface area contributed by atoms with Gasteiger partial charge >= 0.3 is 0 Å². The lowest BCUT2D eigenvalue weighted by atomic mass is 10.1. The number of carbonyl (C=O) groups excluding carboxylic acids is 2. The Morgan fingerprint density at radius 2 is 1.66 bits per heavy atom. The van der Waals surface area contributed by atoms with Crippen molar-refractivity contribution in [2.24, 2.45) is 0 Å². The van der Waals surface area contributed by atoms with Crippen molar-refractivity contribution >= 4 is 29.2 Å². The van der Waals surface area contributed by atoms with Gasteiger partial charge in [-0.15, -0.1) is 10.2 Å². The van der Waals surface area contributed by atoms with Crippen molar-refractivity contribution < 1.29 is 19.1 Å². The largest absolute Gasteiger partial charge is 0.454 e. The van der Waals surface area contributed by atoms with Gasteiger partial charge in [-0.05, 0) is 49.5 Å². The molecule has 0 radical (unpaired) electrons. The Hall–Kier alpha value is -3.89. The molecule has 0 saturated carbocycles. The van der Waals surface area contributed by atoms with Crippen LogP contribution in [0.15, 0.2) is 54.6 Å². The summed E-state index contributed by atoms with van der Waals surface area (Å²) in [5, 5.41) is 9.42. The van der Waals surface area contributed by atoms with Crippen molar-refractivity contribution in [3.05, 3.63) is 65.2 Å². The molecule has 10 nitrogen and oxygen atoms in total. The van der Waals surface area contributed by atoms with E-state index in [2.05, 4.69) is 33.8 Å². The van der Waals surface area contributed by atoms with Gasteiger partial charge in [0.25, 0.3) is 5.91 Å². The topological polar surface area (TPSA) is 91.3 Å². The zero-order valence-electron chi connectivity index (χ0n) is 23.5. The minimum Gasteiger partial charge on any atom is -0.454 e. The van der Waals surface area contributed by atoms with Crippen LogP contribution in [0.4, 0.5) is 5.82 Å². The first kappa shape index (κ1) is 28.6. The van der Waals surface area contributed by atoms with Crippen molar-refractivity contribution in [1.29, 1.82) is 0 Å². The molecule has 0 N–H and O–H groups in total. The third kappa shape index (κ3) is 6.71. The second kappa shape index (κ2) is 13.2. The predicted octanol–water partition coefficient (Wildman–Crippen LogP) is 3.66. The van der Waals surface area contributed by atoms with Gasteiger partial charge in [-0.1, -0.05) is 43.6 Å². The lowest BCUT2D eigenvalue weighted by Crippen LogP contribution is -2.52. The highest BCUT2D eigenvalue weighted by atomic mass is 35.5. The summed E-state index contributed by atoms with van der Waals surface area (Å²) in [6.45, 7) is 9.55. The summed E-state index contributed by atoms with van der Waals surface area (Å²) in [4.78, 5) is 34.8. The zero-order chi connectivity index (χ0) is 28.8. The van der Waals surface area contributed by atoms with E-state index in [1.54, 1.807) is 23.1 Å². The summed E-state index contributed by atoms with van der Waals surface area (Å²) in [7, 11) is 0. The van der Waals surface area contributed by atoms with Gasteiger partial charge in [-0.2, -0.15) is 0 Å². The maximum Gasteiger partial charge on any atom is 0.254 e. The first-order chi connectivity index (χ1) is 20.0. The highest BCUT2D eigenvalue weighted by Crippen LogP contribution is 2.33. The number of likely N-dealkylation sites (N-methyl/N-ethyl adjacent to an activating group) is 1. The molecule has 0 unspecified atom stereocenters. The fourth-order valence-corrected chi connectivity index (χ4v) is 5.25. The predicted molar refractivity (Wildman–Crippen MR) is 158 cm³/mol. The molecule has 2 aliphatic rings. The fourth-order valence-electron chi connectivity index (χ4n) is 5.02. The van der Waals surface area contributed by atoms with E-state index < -0.39 is 0 Å². The Bertz CT molecular complexity index is 1360. The molecule has 1 aromatic heterocycles. The van der Waals surface area contributed by atoms with Gasteiger partial charge < -0.3 is 29.1 Å². The highest BCUT2D eigenvalue weighted by molar-refractivity contribution is 6.33. The van der Waals surface area contributed by atoms with E-state index in [0.717, 1.165) is 24.5 Å². The molecule has 2 aromatic carbocycles. The first-order valence-corrected chi connectivity index (χ1v) is 14.4. The van der Waals surface area contributed by atoms with Crippen molar-refractivity contribution in [3.8, 4) is 22.8 Å². The van der Waals surface area contributed by atoms with Gasteiger partial charge in [-0.3, -0.25) is 9.59 Å². The van der Waals surface area contributed by atoms with Crippen LogP contribution in [0.1, 0.15) is 24.2 Å². The molecule has 2 aliphatic heterocycles. The summed E-state index contributed by atoms with van der Waals surface area (Å²) in [5.74, 6) is 1.65. The Kier molecular flexibility index (Phi) is 9.21. The number of fused-ring (bicyclic) bond motifs is 1. The normalized spacial score (nSPS) is 14.4. The number of anilines is 1. The first-order valence-electron chi connectivity index (χ1n) is 14.0. The molecule has 0 aliphatic carbocycles. The number of benzene rings is 2. The molecule has 1 saturated heterocycles. The van der Waals surface area contributed by atoms with Crippen LogP contribution < -0.4 is 14.4 Å². The molecule has 3 heterocycles. The maximum atomic E-state index is 13.5. The number of aromatic nitrogens is 2. The van der Waals surface area contributed by atoms with E-state index in [1.807, 2.05) is 41.3 Å². The SMILES string of the molecule is CCN(CC)CCN(CC(=O)N1CCN(c2ccc(-c3ccccc3Cl)nn2)CC1)C(=O)c1ccc2c(c1)OCO2. The zero-order valence-corrected chi connectivity index (χ0v) is 24.2. The van der Waals surface area contributed by atoms with Crippen LogP contribution in [-0.4, -0.2) is 102 Å². The Morgan fingerprint density at radius 1 is 0.902 bits per heavy atom. The molecule has 216 valence electrons. The average Bonchev–Trinajstić information content (AvgIpc) is 3.49. The Balaban J connectivity index is 1.21. The molecule has 2 amide bonds. The molecular weight excluding hydrogens is 544 g/mol. The third-order valence-corrected chi connectivity index (χ3v) is 7.90. The van der Waals surface area contributed by atoms with E-state index in [1.165, 1.54) is 0 Å². The Labute approximate surface area is 245 Å². The Morgan fingerprint density at radius 3 is 2.37 bits per heavy atom. The number of piperazine rings is 1. The molecule has 0 bridgehead atoms. The van der Waals surface area contributed by atoms with Crippen LogP contribution in [-0.2, 0) is 4.79 Å². The number of ether oxygens (including phenoxy) is 2. The second-order valence-corrected chi connectivity index (χ2v) is 10.4. The van der Waals surface area contributed by atoms with Crippen molar-refractivity contribution in [2.45, 2.75) is 13.8 Å². The summed E-state index contributed by atoms with van der Waals surface area (Å²) in [6.07, 6.45) is 0. The van der Waals surface area contributed by atoms with Gasteiger partial charge in [0.05, 0.1) is 10.7 Å². The fraction of sp³-hybridized carbons (Fsp3) is 0.400. The van der Waals surface area contributed by atoms with E-state index in [9.17, 15) is 9.59 Å². The van der Waals surface area contributed by atoms with Crippen LogP contribution in [0, 0.1) is 0 Å². The van der Waals surface area contributed by atoms with E-state index in [0.29, 0.717) is 67.0 Å². The van der Waals surface area contributed by atoms with Crippen molar-refractivity contribution in [2.75, 3.05) is 70.6 Å². The van der Waals surface area contributed by atoms with Crippen LogP contribution in [0.3, 0.4) is 0 Å². The van der Waals surface area contributed by atoms with Gasteiger partial charge in [0.15, 0.2) is 17.3 Å². The van der Waals surface area contributed by atoms with Crippen LogP contribution in [0.25, 0.3) is 11.3 Å². The average molecular weight is 579 g/mol. The number of halogens is 1. The molecule has 1 fully saturated rings. The highest BCUT2D eigenvalue weighted by Gasteiger charge is 2.27. The summed E-state index contributed by atoms with van der Waals surface area (Å²) in [5.41, 5.74) is 2.03. The summed E-state index contributed by atoms with van der Waals surface area (Å²) < 4.78 is 10.8. The van der Waals surface area contributed by atoms with Crippen molar-refractivity contribution in [3.63, 3.8) is 0 Å². The summed E-state index contributed by atoms with van der Waals surface area (Å²) >= 11 is 6.30. The van der Waals surface area contributed by atoms with E-state index in [4.69, 9.17) is 21.1 Å². The summed E-state index contributed by atoms with van der Waals surface area (Å²) in [6, 6.07) is 16.5. The molecule has 5 rings (SSSR count). The molecule has 0 atom stereocenters.